The van der Waals surface area contributed by atoms with E-state index in [0.717, 1.165) is 38.4 Å². The molecular weight excluding hydrogens is 378 g/mol. The second-order valence-corrected chi connectivity index (χ2v) is 8.21. The average Bonchev–Trinajstić information content (AvgIpc) is 2.98. The number of benzene rings is 1. The smallest absolute Gasteiger partial charge is 0.110 e. The zero-order valence-electron chi connectivity index (χ0n) is 15.6. The van der Waals surface area contributed by atoms with Crippen LogP contribution in [0.5, 0.6) is 0 Å². The topological polar surface area (TPSA) is 50.9 Å². The van der Waals surface area contributed by atoms with Gasteiger partial charge in [0.2, 0.25) is 0 Å². The summed E-state index contributed by atoms with van der Waals surface area (Å²) in [7, 11) is 0. The van der Waals surface area contributed by atoms with Crippen LogP contribution in [0.15, 0.2) is 58.7 Å². The first-order valence-electron chi connectivity index (χ1n) is 9.11. The van der Waals surface area contributed by atoms with E-state index >= 15 is 0 Å². The van der Waals surface area contributed by atoms with Crippen LogP contribution >= 0.6 is 23.4 Å². The molecule has 0 bridgehead atoms. The Kier molecular flexibility index (Phi) is 6.94. The summed E-state index contributed by atoms with van der Waals surface area (Å²) >= 11 is 7.87. The van der Waals surface area contributed by atoms with Gasteiger partial charge in [0, 0.05) is 35.3 Å². The minimum absolute atomic E-state index is 0.160. The zero-order valence-corrected chi connectivity index (χ0v) is 17.2. The third-order valence-corrected chi connectivity index (χ3v) is 5.55. The van der Waals surface area contributed by atoms with Gasteiger partial charge in [0.15, 0.2) is 0 Å². The third kappa shape index (κ3) is 5.12. The number of aliphatic hydroxyl groups excluding tert-OH is 1. The van der Waals surface area contributed by atoms with Crippen LogP contribution in [0.3, 0.4) is 0 Å². The van der Waals surface area contributed by atoms with Crippen LogP contribution in [0.4, 0.5) is 0 Å². The molecule has 2 heterocycles. The molecule has 4 nitrogen and oxygen atoms in total. The summed E-state index contributed by atoms with van der Waals surface area (Å²) in [5.41, 5.74) is 2.21. The maximum atomic E-state index is 9.29. The fourth-order valence-electron chi connectivity index (χ4n) is 2.89. The average molecular weight is 402 g/mol. The number of aliphatic hydroxyl groups is 1. The summed E-state index contributed by atoms with van der Waals surface area (Å²) in [6.07, 6.45) is 5.11. The summed E-state index contributed by atoms with van der Waals surface area (Å²) in [5.74, 6) is 1.30. The molecule has 6 heteroatoms. The Morgan fingerprint density at radius 1 is 1.22 bits per heavy atom. The third-order valence-electron chi connectivity index (χ3n) is 4.20. The fraction of sp³-hybridized carbons (Fsp3) is 0.333. The van der Waals surface area contributed by atoms with E-state index in [2.05, 4.69) is 35.5 Å². The van der Waals surface area contributed by atoms with Crippen molar-refractivity contribution in [3.05, 3.63) is 70.9 Å². The lowest BCUT2D eigenvalue weighted by Crippen LogP contribution is -2.07. The first-order valence-corrected chi connectivity index (χ1v) is 10.3. The molecule has 0 unspecified atom stereocenters. The van der Waals surface area contributed by atoms with E-state index in [1.54, 1.807) is 18.0 Å². The van der Waals surface area contributed by atoms with Crippen molar-refractivity contribution in [2.75, 3.05) is 6.61 Å². The summed E-state index contributed by atoms with van der Waals surface area (Å²) in [6.45, 7) is 5.19. The normalized spacial score (nSPS) is 11.3. The van der Waals surface area contributed by atoms with E-state index < -0.39 is 0 Å². The summed E-state index contributed by atoms with van der Waals surface area (Å²) in [4.78, 5) is 10.3. The van der Waals surface area contributed by atoms with Crippen LogP contribution in [0.25, 0.3) is 0 Å². The molecule has 0 spiro atoms. The van der Waals surface area contributed by atoms with Gasteiger partial charge in [0.05, 0.1) is 12.2 Å². The number of imidazole rings is 1. The Hall–Kier alpha value is -1.82. The molecule has 142 valence electrons. The second-order valence-electron chi connectivity index (χ2n) is 6.71. The Bertz CT molecular complexity index is 880. The van der Waals surface area contributed by atoms with Crippen molar-refractivity contribution in [2.24, 2.45) is 0 Å². The van der Waals surface area contributed by atoms with Crippen molar-refractivity contribution < 1.29 is 5.11 Å². The molecule has 3 rings (SSSR count). The number of halogens is 1. The molecule has 0 atom stereocenters. The molecule has 0 saturated heterocycles. The van der Waals surface area contributed by atoms with Crippen molar-refractivity contribution in [3.8, 4) is 0 Å². The van der Waals surface area contributed by atoms with Crippen molar-refractivity contribution in [1.29, 1.82) is 0 Å². The van der Waals surface area contributed by atoms with Crippen LogP contribution in [-0.4, -0.2) is 26.2 Å². The molecule has 27 heavy (non-hydrogen) atoms. The molecule has 0 aliphatic heterocycles. The molecule has 0 saturated carbocycles. The quantitative estimate of drug-likeness (QED) is 0.565. The van der Waals surface area contributed by atoms with Crippen molar-refractivity contribution in [3.63, 3.8) is 0 Å². The number of rotatable bonds is 8. The highest BCUT2D eigenvalue weighted by molar-refractivity contribution is 7.99. The molecule has 1 N–H and O–H groups in total. The van der Waals surface area contributed by atoms with E-state index in [1.165, 1.54) is 0 Å². The SMILES string of the molecule is CC(C)c1nc(CCCO)n(Cc2cccnc2)c1Sc1cccc(Cl)c1. The molecule has 0 fully saturated rings. The minimum atomic E-state index is 0.160. The fourth-order valence-corrected chi connectivity index (χ4v) is 4.37. The lowest BCUT2D eigenvalue weighted by atomic mass is 10.1. The molecule has 0 aliphatic rings. The highest BCUT2D eigenvalue weighted by atomic mass is 35.5. The van der Waals surface area contributed by atoms with Gasteiger partial charge in [-0.2, -0.15) is 0 Å². The maximum Gasteiger partial charge on any atom is 0.110 e. The second kappa shape index (κ2) is 9.40. The van der Waals surface area contributed by atoms with E-state index in [9.17, 15) is 5.11 Å². The van der Waals surface area contributed by atoms with E-state index in [1.807, 2.05) is 30.5 Å². The summed E-state index contributed by atoms with van der Waals surface area (Å²) < 4.78 is 2.26. The van der Waals surface area contributed by atoms with Gasteiger partial charge in [0.25, 0.3) is 0 Å². The highest BCUT2D eigenvalue weighted by Gasteiger charge is 2.20. The first kappa shape index (κ1) is 19.9. The van der Waals surface area contributed by atoms with Crippen LogP contribution in [0, 0.1) is 0 Å². The van der Waals surface area contributed by atoms with E-state index in [0.29, 0.717) is 18.9 Å². The highest BCUT2D eigenvalue weighted by Crippen LogP contribution is 2.36. The number of aryl methyl sites for hydroxylation is 1. The number of hydrogen-bond acceptors (Lipinski definition) is 4. The molecule has 3 aromatic rings. The molecule has 1 aromatic carbocycles. The Labute approximate surface area is 169 Å². The van der Waals surface area contributed by atoms with Crippen molar-refractivity contribution in [1.82, 2.24) is 14.5 Å². The number of aromatic nitrogens is 3. The van der Waals surface area contributed by atoms with Gasteiger partial charge in [0.1, 0.15) is 10.9 Å². The van der Waals surface area contributed by atoms with Gasteiger partial charge >= 0.3 is 0 Å². The molecule has 0 radical (unpaired) electrons. The van der Waals surface area contributed by atoms with E-state index in [4.69, 9.17) is 16.6 Å². The molecule has 0 aliphatic carbocycles. The molecule has 0 amide bonds. The standard InChI is InChI=1S/C21H24ClN3OS/c1-15(2)20-21(27-18-8-3-7-17(22)12-18)25(19(24-20)9-5-11-26)14-16-6-4-10-23-13-16/h3-4,6-8,10,12-13,15,26H,5,9,11,14H2,1-2H3. The molecule has 2 aromatic heterocycles. The number of hydrogen-bond donors (Lipinski definition) is 1. The monoisotopic (exact) mass is 401 g/mol. The zero-order chi connectivity index (χ0) is 19.2. The van der Waals surface area contributed by atoms with Gasteiger partial charge in [-0.3, -0.25) is 4.98 Å². The van der Waals surface area contributed by atoms with Crippen molar-refractivity contribution in [2.45, 2.75) is 49.1 Å². The molecular formula is C21H24ClN3OS. The van der Waals surface area contributed by atoms with Gasteiger partial charge < -0.3 is 9.67 Å². The van der Waals surface area contributed by atoms with Gasteiger partial charge in [-0.25, -0.2) is 4.98 Å². The van der Waals surface area contributed by atoms with Crippen LogP contribution in [0.1, 0.15) is 43.3 Å². The van der Waals surface area contributed by atoms with Crippen molar-refractivity contribution >= 4 is 23.4 Å². The van der Waals surface area contributed by atoms with Gasteiger partial charge in [-0.05, 0) is 42.2 Å². The Balaban J connectivity index is 2.05. The first-order chi connectivity index (χ1) is 13.1. The van der Waals surface area contributed by atoms with Crippen LogP contribution in [-0.2, 0) is 13.0 Å². The number of nitrogens with zero attached hydrogens (tertiary/aromatic N) is 3. The number of pyridine rings is 1. The Morgan fingerprint density at radius 3 is 2.74 bits per heavy atom. The van der Waals surface area contributed by atoms with Crippen LogP contribution < -0.4 is 0 Å². The van der Waals surface area contributed by atoms with E-state index in [-0.39, 0.29) is 6.61 Å². The van der Waals surface area contributed by atoms with Crippen LogP contribution in [0.2, 0.25) is 5.02 Å². The van der Waals surface area contributed by atoms with Gasteiger partial charge in [-0.1, -0.05) is 49.3 Å². The summed E-state index contributed by atoms with van der Waals surface area (Å²) in [6, 6.07) is 11.9. The maximum absolute atomic E-state index is 9.29. The largest absolute Gasteiger partial charge is 0.396 e. The Morgan fingerprint density at radius 2 is 2.07 bits per heavy atom. The lowest BCUT2D eigenvalue weighted by molar-refractivity contribution is 0.287. The van der Waals surface area contributed by atoms with Gasteiger partial charge in [-0.15, -0.1) is 0 Å². The lowest BCUT2D eigenvalue weighted by Gasteiger charge is -2.13. The summed E-state index contributed by atoms with van der Waals surface area (Å²) in [5, 5.41) is 11.1. The predicted octanol–water partition coefficient (Wildman–Crippen LogP) is 5.18. The predicted molar refractivity (Wildman–Crippen MR) is 111 cm³/mol. The minimum Gasteiger partial charge on any atom is -0.396 e.